The normalized spacial score (nSPS) is 14.6. The van der Waals surface area contributed by atoms with Gasteiger partial charge in [0.05, 0.1) is 24.3 Å². The van der Waals surface area contributed by atoms with Gasteiger partial charge in [0.1, 0.15) is 0 Å². The smallest absolute Gasteiger partial charge is 0.382 e. The molecule has 0 aliphatic rings. The van der Waals surface area contributed by atoms with E-state index in [0.29, 0.717) is 5.56 Å². The predicted molar refractivity (Wildman–Crippen MR) is 72.5 cm³/mol. The highest BCUT2D eigenvalue weighted by Crippen LogP contribution is 2.31. The zero-order valence-corrected chi connectivity index (χ0v) is 12.1. The molecule has 118 valence electrons. The number of amides is 1. The third kappa shape index (κ3) is 4.44. The van der Waals surface area contributed by atoms with E-state index >= 15 is 0 Å². The van der Waals surface area contributed by atoms with Gasteiger partial charge in [0.25, 0.3) is 0 Å². The summed E-state index contributed by atoms with van der Waals surface area (Å²) < 4.78 is 43.3. The third-order valence-electron chi connectivity index (χ3n) is 3.13. The molecule has 2 atom stereocenters. The molecule has 2 N–H and O–H groups in total. The summed E-state index contributed by atoms with van der Waals surface area (Å²) in [7, 11) is 2.92. The van der Waals surface area contributed by atoms with E-state index < -0.39 is 23.8 Å². The molecule has 0 heterocycles. The van der Waals surface area contributed by atoms with Crippen molar-refractivity contribution in [3.8, 4) is 0 Å². The number of carbonyl (C=O) groups is 1. The van der Waals surface area contributed by atoms with Gasteiger partial charge in [-0.1, -0.05) is 12.1 Å². The molecule has 0 spiro atoms. The van der Waals surface area contributed by atoms with Gasteiger partial charge in [-0.25, -0.2) is 0 Å². The first-order chi connectivity index (χ1) is 9.68. The van der Waals surface area contributed by atoms with Crippen molar-refractivity contribution in [2.24, 2.45) is 5.73 Å². The first-order valence-electron chi connectivity index (χ1n) is 6.36. The largest absolute Gasteiger partial charge is 0.416 e. The van der Waals surface area contributed by atoms with Crippen molar-refractivity contribution in [3.63, 3.8) is 0 Å². The SMILES string of the molecule is COC[C@H](c1cccc(C(F)(F)F)c1)N(C)C(=O)[C@@H](C)N. The molecule has 0 aliphatic heterocycles. The van der Waals surface area contributed by atoms with Crippen molar-refractivity contribution in [1.29, 1.82) is 0 Å². The molecule has 0 saturated heterocycles. The lowest BCUT2D eigenvalue weighted by atomic mass is 10.0. The quantitative estimate of drug-likeness (QED) is 0.907. The average molecular weight is 304 g/mol. The number of nitrogens with zero attached hydrogens (tertiary/aromatic N) is 1. The van der Waals surface area contributed by atoms with Crippen LogP contribution in [-0.2, 0) is 15.7 Å². The minimum atomic E-state index is -4.43. The molecule has 0 aromatic heterocycles. The van der Waals surface area contributed by atoms with Gasteiger partial charge in [0, 0.05) is 14.2 Å². The third-order valence-corrected chi connectivity index (χ3v) is 3.13. The maximum Gasteiger partial charge on any atom is 0.416 e. The van der Waals surface area contributed by atoms with Crippen molar-refractivity contribution >= 4 is 5.91 Å². The van der Waals surface area contributed by atoms with Crippen LogP contribution in [0, 0.1) is 0 Å². The van der Waals surface area contributed by atoms with E-state index in [2.05, 4.69) is 0 Å². The molecular weight excluding hydrogens is 285 g/mol. The van der Waals surface area contributed by atoms with Crippen LogP contribution in [0.15, 0.2) is 24.3 Å². The van der Waals surface area contributed by atoms with Crippen molar-refractivity contribution in [1.82, 2.24) is 4.90 Å². The maximum atomic E-state index is 12.8. The number of ether oxygens (including phenoxy) is 1. The van der Waals surface area contributed by atoms with Crippen LogP contribution in [0.5, 0.6) is 0 Å². The molecule has 7 heteroatoms. The number of likely N-dealkylation sites (N-methyl/N-ethyl adjacent to an activating group) is 1. The van der Waals surface area contributed by atoms with E-state index in [0.717, 1.165) is 12.1 Å². The predicted octanol–water partition coefficient (Wildman–Crippen LogP) is 2.20. The molecule has 0 fully saturated rings. The molecule has 0 radical (unpaired) electrons. The van der Waals surface area contributed by atoms with Gasteiger partial charge in [-0.2, -0.15) is 13.2 Å². The van der Waals surface area contributed by atoms with Crippen LogP contribution in [0.25, 0.3) is 0 Å². The van der Waals surface area contributed by atoms with Crippen LogP contribution >= 0.6 is 0 Å². The molecule has 1 aromatic rings. The molecule has 0 saturated carbocycles. The van der Waals surface area contributed by atoms with Gasteiger partial charge in [-0.05, 0) is 24.6 Å². The Morgan fingerprint density at radius 3 is 2.52 bits per heavy atom. The number of rotatable bonds is 5. The molecule has 21 heavy (non-hydrogen) atoms. The number of nitrogens with two attached hydrogens (primary N) is 1. The Hall–Kier alpha value is -1.60. The topological polar surface area (TPSA) is 55.6 Å². The average Bonchev–Trinajstić information content (AvgIpc) is 2.42. The molecule has 0 unspecified atom stereocenters. The first kappa shape index (κ1) is 17.5. The van der Waals surface area contributed by atoms with Crippen LogP contribution in [0.4, 0.5) is 13.2 Å². The summed E-state index contributed by atoms with van der Waals surface area (Å²) >= 11 is 0. The molecule has 0 aliphatic carbocycles. The number of benzene rings is 1. The molecule has 1 aromatic carbocycles. The van der Waals surface area contributed by atoms with Gasteiger partial charge in [0.2, 0.25) is 5.91 Å². The lowest BCUT2D eigenvalue weighted by Crippen LogP contribution is -2.43. The van der Waals surface area contributed by atoms with Crippen LogP contribution < -0.4 is 5.73 Å². The standard InChI is InChI=1S/C14H19F3N2O2/c1-9(18)13(20)19(2)12(8-21-3)10-5-4-6-11(7-10)14(15,16)17/h4-7,9,12H,8,18H2,1-3H3/t9-,12-/m1/s1. The summed E-state index contributed by atoms with van der Waals surface area (Å²) in [5, 5.41) is 0. The monoisotopic (exact) mass is 304 g/mol. The second-order valence-electron chi connectivity index (χ2n) is 4.83. The number of alkyl halides is 3. The van der Waals surface area contributed by atoms with Gasteiger partial charge in [-0.3, -0.25) is 4.79 Å². The zero-order valence-electron chi connectivity index (χ0n) is 12.1. The fourth-order valence-corrected chi connectivity index (χ4v) is 1.99. The van der Waals surface area contributed by atoms with E-state index in [9.17, 15) is 18.0 Å². The van der Waals surface area contributed by atoms with E-state index in [4.69, 9.17) is 10.5 Å². The lowest BCUT2D eigenvalue weighted by molar-refractivity contribution is -0.137. The van der Waals surface area contributed by atoms with Crippen molar-refractivity contribution in [2.45, 2.75) is 25.2 Å². The zero-order chi connectivity index (χ0) is 16.2. The van der Waals surface area contributed by atoms with E-state index in [-0.39, 0.29) is 12.5 Å². The summed E-state index contributed by atoms with van der Waals surface area (Å²) in [5.41, 5.74) is 5.12. The van der Waals surface area contributed by atoms with E-state index in [1.165, 1.54) is 38.1 Å². The fraction of sp³-hybridized carbons (Fsp3) is 0.500. The fourth-order valence-electron chi connectivity index (χ4n) is 1.99. The second-order valence-corrected chi connectivity index (χ2v) is 4.83. The summed E-state index contributed by atoms with van der Waals surface area (Å²) in [6.45, 7) is 1.60. The van der Waals surface area contributed by atoms with E-state index in [1.54, 1.807) is 0 Å². The highest BCUT2D eigenvalue weighted by atomic mass is 19.4. The van der Waals surface area contributed by atoms with Crippen molar-refractivity contribution in [3.05, 3.63) is 35.4 Å². The van der Waals surface area contributed by atoms with Gasteiger partial charge >= 0.3 is 6.18 Å². The van der Waals surface area contributed by atoms with Gasteiger partial charge in [-0.15, -0.1) is 0 Å². The molecule has 0 bridgehead atoms. The van der Waals surface area contributed by atoms with Crippen LogP contribution in [-0.4, -0.2) is 37.6 Å². The number of carbonyl (C=O) groups excluding carboxylic acids is 1. The highest BCUT2D eigenvalue weighted by molar-refractivity contribution is 5.81. The van der Waals surface area contributed by atoms with Crippen LogP contribution in [0.2, 0.25) is 0 Å². The number of hydrogen-bond donors (Lipinski definition) is 1. The Balaban J connectivity index is 3.14. The summed E-state index contributed by atoms with van der Waals surface area (Å²) in [5.74, 6) is -0.366. The second kappa shape index (κ2) is 6.91. The number of methoxy groups -OCH3 is 1. The number of hydrogen-bond acceptors (Lipinski definition) is 3. The Bertz CT molecular complexity index is 489. The maximum absolute atomic E-state index is 12.8. The molecular formula is C14H19F3N2O2. The van der Waals surface area contributed by atoms with E-state index in [1.807, 2.05) is 0 Å². The van der Waals surface area contributed by atoms with Crippen LogP contribution in [0.1, 0.15) is 24.1 Å². The Kier molecular flexibility index (Phi) is 5.74. The van der Waals surface area contributed by atoms with Crippen molar-refractivity contribution < 1.29 is 22.7 Å². The summed E-state index contributed by atoms with van der Waals surface area (Å²) in [6, 6.07) is 3.49. The molecule has 4 nitrogen and oxygen atoms in total. The minimum Gasteiger partial charge on any atom is -0.382 e. The Labute approximate surface area is 121 Å². The van der Waals surface area contributed by atoms with Crippen LogP contribution in [0.3, 0.4) is 0 Å². The lowest BCUT2D eigenvalue weighted by Gasteiger charge is -2.29. The highest BCUT2D eigenvalue weighted by Gasteiger charge is 2.32. The Morgan fingerprint density at radius 2 is 2.05 bits per heavy atom. The summed E-state index contributed by atoms with van der Waals surface area (Å²) in [4.78, 5) is 13.2. The van der Waals surface area contributed by atoms with Crippen molar-refractivity contribution in [2.75, 3.05) is 20.8 Å². The number of halogens is 3. The molecule has 1 amide bonds. The first-order valence-corrected chi connectivity index (χ1v) is 6.36. The van der Waals surface area contributed by atoms with Gasteiger partial charge < -0.3 is 15.4 Å². The molecule has 1 rings (SSSR count). The minimum absolute atomic E-state index is 0.0796. The Morgan fingerprint density at radius 1 is 1.43 bits per heavy atom. The summed E-state index contributed by atoms with van der Waals surface area (Å²) in [6.07, 6.45) is -4.43. The van der Waals surface area contributed by atoms with Gasteiger partial charge in [0.15, 0.2) is 0 Å².